The predicted octanol–water partition coefficient (Wildman–Crippen LogP) is 2.67. The summed E-state index contributed by atoms with van der Waals surface area (Å²) in [4.78, 5) is 0. The van der Waals surface area contributed by atoms with Crippen LogP contribution < -0.4 is 10.1 Å². The standard InChI is InChI=1S/C12H17NOS/c1-9-7-13-12(15-8-9)10-3-5-11(14-2)6-4-10/h3-6,9,12-13H,7-8H2,1-2H3. The largest absolute Gasteiger partial charge is 0.497 e. The fourth-order valence-corrected chi connectivity index (χ4v) is 2.88. The Hall–Kier alpha value is -0.670. The summed E-state index contributed by atoms with van der Waals surface area (Å²) in [6.45, 7) is 3.40. The summed E-state index contributed by atoms with van der Waals surface area (Å²) in [6.07, 6.45) is 0. The van der Waals surface area contributed by atoms with Gasteiger partial charge in [-0.25, -0.2) is 0 Å². The second-order valence-corrected chi connectivity index (χ2v) is 5.14. The van der Waals surface area contributed by atoms with Gasteiger partial charge in [-0.2, -0.15) is 0 Å². The molecule has 2 unspecified atom stereocenters. The number of benzene rings is 1. The Morgan fingerprint density at radius 3 is 2.60 bits per heavy atom. The molecule has 0 amide bonds. The fraction of sp³-hybridized carbons (Fsp3) is 0.500. The van der Waals surface area contributed by atoms with Gasteiger partial charge < -0.3 is 10.1 Å². The molecule has 3 heteroatoms. The molecule has 1 fully saturated rings. The van der Waals surface area contributed by atoms with E-state index in [0.717, 1.165) is 18.2 Å². The van der Waals surface area contributed by atoms with Gasteiger partial charge in [0.2, 0.25) is 0 Å². The van der Waals surface area contributed by atoms with Crippen LogP contribution in [0.15, 0.2) is 24.3 Å². The summed E-state index contributed by atoms with van der Waals surface area (Å²) < 4.78 is 5.15. The lowest BCUT2D eigenvalue weighted by molar-refractivity contribution is 0.414. The molecule has 15 heavy (non-hydrogen) atoms. The highest BCUT2D eigenvalue weighted by atomic mass is 32.2. The summed E-state index contributed by atoms with van der Waals surface area (Å²) in [6, 6.07) is 8.32. The maximum atomic E-state index is 5.15. The lowest BCUT2D eigenvalue weighted by Gasteiger charge is -2.27. The lowest BCUT2D eigenvalue weighted by atomic mass is 10.2. The SMILES string of the molecule is COc1ccc(C2NCC(C)CS2)cc1. The van der Waals surface area contributed by atoms with E-state index in [9.17, 15) is 0 Å². The first kappa shape index (κ1) is 10.8. The first-order valence-corrected chi connectivity index (χ1v) is 6.33. The number of nitrogens with one attached hydrogen (secondary N) is 1. The van der Waals surface area contributed by atoms with Crippen molar-refractivity contribution in [2.75, 3.05) is 19.4 Å². The van der Waals surface area contributed by atoms with E-state index in [4.69, 9.17) is 4.74 Å². The molecule has 0 aromatic heterocycles. The molecule has 1 aliphatic rings. The van der Waals surface area contributed by atoms with E-state index in [0.29, 0.717) is 5.37 Å². The second-order valence-electron chi connectivity index (χ2n) is 4.00. The van der Waals surface area contributed by atoms with Crippen LogP contribution >= 0.6 is 11.8 Å². The van der Waals surface area contributed by atoms with Crippen molar-refractivity contribution in [3.05, 3.63) is 29.8 Å². The van der Waals surface area contributed by atoms with Crippen LogP contribution in [0, 0.1) is 5.92 Å². The van der Waals surface area contributed by atoms with Crippen molar-refractivity contribution in [3.63, 3.8) is 0 Å². The third-order valence-corrected chi connectivity index (χ3v) is 4.15. The molecular weight excluding hydrogens is 206 g/mol. The molecular formula is C12H17NOS. The van der Waals surface area contributed by atoms with Crippen molar-refractivity contribution in [1.82, 2.24) is 5.32 Å². The Kier molecular flexibility index (Phi) is 3.54. The minimum atomic E-state index is 0.451. The number of methoxy groups -OCH3 is 1. The average Bonchev–Trinajstić information content (AvgIpc) is 2.30. The molecule has 0 spiro atoms. The quantitative estimate of drug-likeness (QED) is 0.833. The first-order valence-electron chi connectivity index (χ1n) is 5.28. The molecule has 1 aromatic rings. The summed E-state index contributed by atoms with van der Waals surface area (Å²) in [5, 5.41) is 4.00. The lowest BCUT2D eigenvalue weighted by Crippen LogP contribution is -2.31. The maximum Gasteiger partial charge on any atom is 0.118 e. The van der Waals surface area contributed by atoms with E-state index in [1.165, 1.54) is 11.3 Å². The Morgan fingerprint density at radius 2 is 2.07 bits per heavy atom. The van der Waals surface area contributed by atoms with Gasteiger partial charge in [0.25, 0.3) is 0 Å². The summed E-state index contributed by atoms with van der Waals surface area (Å²) in [5.74, 6) is 2.95. The minimum Gasteiger partial charge on any atom is -0.497 e. The van der Waals surface area contributed by atoms with Gasteiger partial charge in [-0.05, 0) is 35.9 Å². The van der Waals surface area contributed by atoms with Crippen molar-refractivity contribution in [3.8, 4) is 5.75 Å². The Bertz CT molecular complexity index is 304. The zero-order chi connectivity index (χ0) is 10.7. The van der Waals surface area contributed by atoms with E-state index >= 15 is 0 Å². The van der Waals surface area contributed by atoms with Gasteiger partial charge in [-0.15, -0.1) is 11.8 Å². The Morgan fingerprint density at radius 1 is 1.33 bits per heavy atom. The molecule has 1 N–H and O–H groups in total. The van der Waals surface area contributed by atoms with Gasteiger partial charge in [-0.3, -0.25) is 0 Å². The zero-order valence-electron chi connectivity index (χ0n) is 9.19. The van der Waals surface area contributed by atoms with Gasteiger partial charge in [0, 0.05) is 0 Å². The van der Waals surface area contributed by atoms with Crippen molar-refractivity contribution < 1.29 is 4.74 Å². The summed E-state index contributed by atoms with van der Waals surface area (Å²) in [5.41, 5.74) is 1.34. The van der Waals surface area contributed by atoms with Gasteiger partial charge in [0.1, 0.15) is 5.75 Å². The molecule has 1 aromatic carbocycles. The van der Waals surface area contributed by atoms with Crippen LogP contribution in [0.1, 0.15) is 17.9 Å². The van der Waals surface area contributed by atoms with E-state index in [2.05, 4.69) is 24.4 Å². The average molecular weight is 223 g/mol. The van der Waals surface area contributed by atoms with Gasteiger partial charge in [0.05, 0.1) is 12.5 Å². The Labute approximate surface area is 95.4 Å². The van der Waals surface area contributed by atoms with Crippen molar-refractivity contribution in [1.29, 1.82) is 0 Å². The third kappa shape index (κ3) is 2.67. The van der Waals surface area contributed by atoms with Crippen LogP contribution in [0.4, 0.5) is 0 Å². The van der Waals surface area contributed by atoms with Gasteiger partial charge in [-0.1, -0.05) is 19.1 Å². The normalized spacial score (nSPS) is 26.3. The number of thioether (sulfide) groups is 1. The van der Waals surface area contributed by atoms with Crippen LogP contribution in [0.2, 0.25) is 0 Å². The van der Waals surface area contributed by atoms with Crippen LogP contribution in [0.5, 0.6) is 5.75 Å². The zero-order valence-corrected chi connectivity index (χ0v) is 10.0. The number of rotatable bonds is 2. The van der Waals surface area contributed by atoms with Crippen molar-refractivity contribution >= 4 is 11.8 Å². The topological polar surface area (TPSA) is 21.3 Å². The maximum absolute atomic E-state index is 5.15. The molecule has 0 radical (unpaired) electrons. The highest BCUT2D eigenvalue weighted by molar-refractivity contribution is 7.99. The van der Waals surface area contributed by atoms with E-state index in [1.807, 2.05) is 23.9 Å². The van der Waals surface area contributed by atoms with Crippen LogP contribution in [0.3, 0.4) is 0 Å². The van der Waals surface area contributed by atoms with E-state index in [-0.39, 0.29) is 0 Å². The first-order chi connectivity index (χ1) is 7.29. The van der Waals surface area contributed by atoms with Crippen molar-refractivity contribution in [2.24, 2.45) is 5.92 Å². The smallest absolute Gasteiger partial charge is 0.118 e. The van der Waals surface area contributed by atoms with Gasteiger partial charge >= 0.3 is 0 Å². The molecule has 2 nitrogen and oxygen atoms in total. The summed E-state index contributed by atoms with van der Waals surface area (Å²) >= 11 is 1.99. The Balaban J connectivity index is 2.03. The van der Waals surface area contributed by atoms with E-state index in [1.54, 1.807) is 7.11 Å². The molecule has 0 bridgehead atoms. The molecule has 82 valence electrons. The number of ether oxygens (including phenoxy) is 1. The van der Waals surface area contributed by atoms with Crippen LogP contribution in [0.25, 0.3) is 0 Å². The van der Waals surface area contributed by atoms with Crippen LogP contribution in [-0.2, 0) is 0 Å². The number of hydrogen-bond donors (Lipinski definition) is 1. The van der Waals surface area contributed by atoms with Crippen LogP contribution in [-0.4, -0.2) is 19.4 Å². The molecule has 1 heterocycles. The monoisotopic (exact) mass is 223 g/mol. The number of hydrogen-bond acceptors (Lipinski definition) is 3. The second kappa shape index (κ2) is 4.90. The molecule has 2 rings (SSSR count). The molecule has 0 aliphatic carbocycles. The predicted molar refractivity (Wildman–Crippen MR) is 65.4 cm³/mol. The molecule has 2 atom stereocenters. The van der Waals surface area contributed by atoms with Gasteiger partial charge in [0.15, 0.2) is 0 Å². The van der Waals surface area contributed by atoms with E-state index < -0.39 is 0 Å². The molecule has 1 saturated heterocycles. The molecule has 1 aliphatic heterocycles. The molecule has 0 saturated carbocycles. The third-order valence-electron chi connectivity index (χ3n) is 2.62. The highest BCUT2D eigenvalue weighted by Crippen LogP contribution is 2.31. The minimum absolute atomic E-state index is 0.451. The highest BCUT2D eigenvalue weighted by Gasteiger charge is 2.18. The van der Waals surface area contributed by atoms with Crippen molar-refractivity contribution in [2.45, 2.75) is 12.3 Å². The summed E-state index contributed by atoms with van der Waals surface area (Å²) in [7, 11) is 1.70. The fourth-order valence-electron chi connectivity index (χ4n) is 1.68.